The van der Waals surface area contributed by atoms with E-state index in [9.17, 15) is 4.79 Å². The summed E-state index contributed by atoms with van der Waals surface area (Å²) in [6.07, 6.45) is 3.33. The molecule has 2 aromatic rings. The molecule has 0 bridgehead atoms. The normalized spacial score (nSPS) is 14.1. The number of hydrogen-bond acceptors (Lipinski definition) is 5. The van der Waals surface area contributed by atoms with Crippen LogP contribution in [-0.4, -0.2) is 57.3 Å². The van der Waals surface area contributed by atoms with E-state index in [0.717, 1.165) is 30.1 Å². The number of ether oxygens (including phenoxy) is 3. The first-order valence-corrected chi connectivity index (χ1v) is 10.9. The molecular formula is C24H29ClN2O4. The van der Waals surface area contributed by atoms with Gasteiger partial charge in [0.15, 0.2) is 11.5 Å². The lowest BCUT2D eigenvalue weighted by Crippen LogP contribution is -2.48. The van der Waals surface area contributed by atoms with Gasteiger partial charge in [-0.1, -0.05) is 23.7 Å². The summed E-state index contributed by atoms with van der Waals surface area (Å²) in [5.74, 6) is 1.91. The van der Waals surface area contributed by atoms with Gasteiger partial charge in [-0.3, -0.25) is 4.79 Å². The number of carbonyl (C=O) groups excluding carboxylic acids is 1. The Hall–Kier alpha value is -2.86. The number of methoxy groups -OCH3 is 1. The molecule has 0 saturated carbocycles. The molecule has 0 atom stereocenters. The minimum Gasteiger partial charge on any atom is -0.493 e. The average molecular weight is 445 g/mol. The van der Waals surface area contributed by atoms with Crippen molar-refractivity contribution in [2.75, 3.05) is 51.4 Å². The van der Waals surface area contributed by atoms with Gasteiger partial charge in [0, 0.05) is 32.3 Å². The van der Waals surface area contributed by atoms with E-state index >= 15 is 0 Å². The van der Waals surface area contributed by atoms with Crippen molar-refractivity contribution in [1.29, 1.82) is 0 Å². The molecule has 0 unspecified atom stereocenters. The van der Waals surface area contributed by atoms with Gasteiger partial charge in [0.25, 0.3) is 0 Å². The zero-order chi connectivity index (χ0) is 22.2. The van der Waals surface area contributed by atoms with Crippen LogP contribution >= 0.6 is 11.6 Å². The number of benzene rings is 2. The number of amides is 1. The Morgan fingerprint density at radius 1 is 1.03 bits per heavy atom. The van der Waals surface area contributed by atoms with Crippen LogP contribution in [0.4, 0.5) is 5.69 Å². The van der Waals surface area contributed by atoms with Crippen LogP contribution in [0.15, 0.2) is 42.5 Å². The lowest BCUT2D eigenvalue weighted by atomic mass is 10.1. The number of piperazine rings is 1. The molecule has 0 aliphatic carbocycles. The molecule has 1 saturated heterocycles. The summed E-state index contributed by atoms with van der Waals surface area (Å²) in [6.45, 7) is 7.79. The molecule has 6 nitrogen and oxygen atoms in total. The second-order valence-corrected chi connectivity index (χ2v) is 7.42. The van der Waals surface area contributed by atoms with Crippen LogP contribution in [-0.2, 0) is 4.79 Å². The fraction of sp³-hybridized carbons (Fsp3) is 0.375. The van der Waals surface area contributed by atoms with Gasteiger partial charge in [0.1, 0.15) is 5.75 Å². The van der Waals surface area contributed by atoms with Crippen molar-refractivity contribution in [3.8, 4) is 17.2 Å². The van der Waals surface area contributed by atoms with Gasteiger partial charge in [-0.25, -0.2) is 0 Å². The summed E-state index contributed by atoms with van der Waals surface area (Å²) in [4.78, 5) is 16.8. The fourth-order valence-corrected chi connectivity index (χ4v) is 3.83. The predicted octanol–water partition coefficient (Wildman–Crippen LogP) is 4.51. The van der Waals surface area contributed by atoms with E-state index in [1.165, 1.54) is 0 Å². The van der Waals surface area contributed by atoms with Crippen molar-refractivity contribution >= 4 is 29.3 Å². The molecule has 7 heteroatoms. The van der Waals surface area contributed by atoms with Crippen LogP contribution in [0.1, 0.15) is 19.4 Å². The SMILES string of the molecule is CCOc1ccccc1N1CCN(C(=O)/C=C/c2cc(Cl)c(OCC)c(OC)c2)CC1. The molecule has 1 amide bonds. The topological polar surface area (TPSA) is 51.2 Å². The van der Waals surface area contributed by atoms with E-state index in [1.54, 1.807) is 25.3 Å². The largest absolute Gasteiger partial charge is 0.493 e. The number of anilines is 1. The summed E-state index contributed by atoms with van der Waals surface area (Å²) in [6, 6.07) is 11.6. The van der Waals surface area contributed by atoms with E-state index in [1.807, 2.05) is 43.0 Å². The van der Waals surface area contributed by atoms with Crippen molar-refractivity contribution in [2.45, 2.75) is 13.8 Å². The number of para-hydroxylation sites is 2. The molecule has 0 N–H and O–H groups in total. The highest BCUT2D eigenvalue weighted by Gasteiger charge is 2.21. The van der Waals surface area contributed by atoms with E-state index in [0.29, 0.717) is 42.8 Å². The maximum Gasteiger partial charge on any atom is 0.246 e. The quantitative estimate of drug-likeness (QED) is 0.561. The van der Waals surface area contributed by atoms with E-state index in [2.05, 4.69) is 11.0 Å². The maximum absolute atomic E-state index is 12.7. The molecule has 1 aliphatic rings. The van der Waals surface area contributed by atoms with Crippen molar-refractivity contribution < 1.29 is 19.0 Å². The molecule has 1 fully saturated rings. The number of rotatable bonds is 8. The highest BCUT2D eigenvalue weighted by molar-refractivity contribution is 6.32. The molecule has 31 heavy (non-hydrogen) atoms. The highest BCUT2D eigenvalue weighted by Crippen LogP contribution is 2.36. The Morgan fingerprint density at radius 3 is 2.42 bits per heavy atom. The van der Waals surface area contributed by atoms with Crippen LogP contribution in [0.3, 0.4) is 0 Å². The minimum atomic E-state index is -0.0262. The molecule has 2 aromatic carbocycles. The van der Waals surface area contributed by atoms with Gasteiger partial charge in [0.05, 0.1) is 31.0 Å². The molecule has 0 aromatic heterocycles. The molecule has 0 spiro atoms. The van der Waals surface area contributed by atoms with Crippen LogP contribution in [0, 0.1) is 0 Å². The van der Waals surface area contributed by atoms with Gasteiger partial charge in [0.2, 0.25) is 5.91 Å². The predicted molar refractivity (Wildman–Crippen MR) is 125 cm³/mol. The maximum atomic E-state index is 12.7. The highest BCUT2D eigenvalue weighted by atomic mass is 35.5. The van der Waals surface area contributed by atoms with Gasteiger partial charge in [-0.15, -0.1) is 0 Å². The lowest BCUT2D eigenvalue weighted by Gasteiger charge is -2.36. The van der Waals surface area contributed by atoms with Gasteiger partial charge in [-0.2, -0.15) is 0 Å². The molecular weight excluding hydrogens is 416 g/mol. The van der Waals surface area contributed by atoms with Gasteiger partial charge in [-0.05, 0) is 49.8 Å². The van der Waals surface area contributed by atoms with Crippen molar-refractivity contribution in [3.05, 3.63) is 53.1 Å². The molecule has 3 rings (SSSR count). The van der Waals surface area contributed by atoms with E-state index < -0.39 is 0 Å². The summed E-state index contributed by atoms with van der Waals surface area (Å²) in [5.41, 5.74) is 1.85. The first-order valence-electron chi connectivity index (χ1n) is 10.5. The third-order valence-electron chi connectivity index (χ3n) is 5.06. The number of nitrogens with zero attached hydrogens (tertiary/aromatic N) is 2. The Balaban J connectivity index is 1.63. The second-order valence-electron chi connectivity index (χ2n) is 7.01. The summed E-state index contributed by atoms with van der Waals surface area (Å²) in [7, 11) is 1.57. The van der Waals surface area contributed by atoms with Gasteiger partial charge < -0.3 is 24.0 Å². The third-order valence-corrected chi connectivity index (χ3v) is 5.34. The molecule has 1 heterocycles. The smallest absolute Gasteiger partial charge is 0.246 e. The first-order chi connectivity index (χ1) is 15.1. The van der Waals surface area contributed by atoms with E-state index in [4.69, 9.17) is 25.8 Å². The Morgan fingerprint density at radius 2 is 1.74 bits per heavy atom. The summed E-state index contributed by atoms with van der Waals surface area (Å²) in [5, 5.41) is 0.454. The van der Waals surface area contributed by atoms with Crippen molar-refractivity contribution in [3.63, 3.8) is 0 Å². The van der Waals surface area contributed by atoms with Crippen LogP contribution in [0.5, 0.6) is 17.2 Å². The number of carbonyl (C=O) groups is 1. The van der Waals surface area contributed by atoms with Crippen LogP contribution < -0.4 is 19.1 Å². The Kier molecular flexibility index (Phi) is 8.06. The van der Waals surface area contributed by atoms with E-state index in [-0.39, 0.29) is 5.91 Å². The Bertz CT molecular complexity index is 924. The molecule has 0 radical (unpaired) electrons. The third kappa shape index (κ3) is 5.64. The fourth-order valence-electron chi connectivity index (χ4n) is 3.56. The molecule has 1 aliphatic heterocycles. The lowest BCUT2D eigenvalue weighted by molar-refractivity contribution is -0.126. The van der Waals surface area contributed by atoms with Crippen LogP contribution in [0.2, 0.25) is 5.02 Å². The number of hydrogen-bond donors (Lipinski definition) is 0. The van der Waals surface area contributed by atoms with Crippen molar-refractivity contribution in [2.24, 2.45) is 0 Å². The summed E-state index contributed by atoms with van der Waals surface area (Å²) < 4.78 is 16.6. The Labute approximate surface area is 188 Å². The zero-order valence-electron chi connectivity index (χ0n) is 18.3. The monoisotopic (exact) mass is 444 g/mol. The van der Waals surface area contributed by atoms with Gasteiger partial charge >= 0.3 is 0 Å². The standard InChI is InChI=1S/C24H29ClN2O4/c1-4-30-21-9-7-6-8-20(21)26-12-14-27(15-13-26)23(28)11-10-18-16-19(25)24(31-5-2)22(17-18)29-3/h6-11,16-17H,4-5,12-15H2,1-3H3/b11-10+. The number of halogens is 1. The average Bonchev–Trinajstić information content (AvgIpc) is 2.79. The summed E-state index contributed by atoms with van der Waals surface area (Å²) >= 11 is 6.32. The molecule has 166 valence electrons. The van der Waals surface area contributed by atoms with Crippen molar-refractivity contribution in [1.82, 2.24) is 4.90 Å². The zero-order valence-corrected chi connectivity index (χ0v) is 19.0. The minimum absolute atomic E-state index is 0.0262. The second kappa shape index (κ2) is 11.0. The first kappa shape index (κ1) is 22.8. The van der Waals surface area contributed by atoms with Crippen LogP contribution in [0.25, 0.3) is 6.08 Å².